The first kappa shape index (κ1) is 22.1. The summed E-state index contributed by atoms with van der Waals surface area (Å²) in [6, 6.07) is 13.2. The van der Waals surface area contributed by atoms with Gasteiger partial charge in [-0.1, -0.05) is 30.3 Å². The van der Waals surface area contributed by atoms with E-state index in [0.717, 1.165) is 29.8 Å². The molecule has 0 aliphatic carbocycles. The van der Waals surface area contributed by atoms with Gasteiger partial charge in [-0.2, -0.15) is 0 Å². The Morgan fingerprint density at radius 2 is 1.56 bits per heavy atom. The molecule has 2 aromatic rings. The van der Waals surface area contributed by atoms with Crippen molar-refractivity contribution >= 4 is 23.1 Å². The average molecular weight is 434 g/mol. The maximum Gasteiger partial charge on any atom is 0.282 e. The number of para-hydroxylation sites is 2. The average Bonchev–Trinajstić information content (AvgIpc) is 3.01. The van der Waals surface area contributed by atoms with Crippen molar-refractivity contribution in [2.75, 3.05) is 38.1 Å². The van der Waals surface area contributed by atoms with Crippen LogP contribution in [0, 0.1) is 13.8 Å². The monoisotopic (exact) mass is 433 g/mol. The fourth-order valence-electron chi connectivity index (χ4n) is 4.21. The maximum atomic E-state index is 13.8. The van der Waals surface area contributed by atoms with E-state index < -0.39 is 0 Å². The molecule has 0 N–H and O–H groups in total. The van der Waals surface area contributed by atoms with Gasteiger partial charge in [0.25, 0.3) is 11.8 Å². The summed E-state index contributed by atoms with van der Waals surface area (Å²) >= 11 is 0. The van der Waals surface area contributed by atoms with Gasteiger partial charge >= 0.3 is 0 Å². The summed E-state index contributed by atoms with van der Waals surface area (Å²) < 4.78 is 5.94. The van der Waals surface area contributed by atoms with Gasteiger partial charge in [-0.3, -0.25) is 9.59 Å². The second-order valence-corrected chi connectivity index (χ2v) is 8.89. The number of hydrogen-bond acceptors (Lipinski definition) is 5. The minimum Gasteiger partial charge on any atom is -0.489 e. The van der Waals surface area contributed by atoms with E-state index in [1.54, 1.807) is 12.1 Å². The Kier molecular flexibility index (Phi) is 6.07. The van der Waals surface area contributed by atoms with Crippen LogP contribution in [0.5, 0.6) is 5.75 Å². The second-order valence-electron chi connectivity index (χ2n) is 8.89. The first-order chi connectivity index (χ1) is 15.3. The van der Waals surface area contributed by atoms with Crippen molar-refractivity contribution in [3.8, 4) is 5.75 Å². The van der Waals surface area contributed by atoms with Crippen LogP contribution < -0.4 is 9.64 Å². The number of anilines is 1. The van der Waals surface area contributed by atoms with Crippen molar-refractivity contribution in [2.45, 2.75) is 33.8 Å². The van der Waals surface area contributed by atoms with Crippen LogP contribution in [0.1, 0.15) is 30.5 Å². The highest BCUT2D eigenvalue weighted by Crippen LogP contribution is 2.39. The lowest BCUT2D eigenvalue weighted by molar-refractivity contribution is -0.120. The van der Waals surface area contributed by atoms with Crippen LogP contribution in [0.25, 0.3) is 5.57 Å². The number of benzene rings is 2. The molecule has 2 aromatic carbocycles. The Labute approximate surface area is 190 Å². The number of piperazine rings is 1. The third kappa shape index (κ3) is 4.02. The normalized spacial score (nSPS) is 17.7. The number of ether oxygens (including phenoxy) is 1. The Morgan fingerprint density at radius 1 is 0.875 bits per heavy atom. The molecule has 168 valence electrons. The Hall–Kier alpha value is -3.12. The SMILES string of the molecule is Cc1ccc(C2=C(N3CCN(C)CC3)C(=O)N(c3ccccc3OC(C)C)C2=O)cc1C. The highest BCUT2D eigenvalue weighted by Gasteiger charge is 2.44. The van der Waals surface area contributed by atoms with Gasteiger partial charge < -0.3 is 14.5 Å². The number of aryl methyl sites for hydroxylation is 2. The third-order valence-electron chi connectivity index (χ3n) is 6.14. The van der Waals surface area contributed by atoms with E-state index in [-0.39, 0.29) is 17.9 Å². The van der Waals surface area contributed by atoms with Gasteiger partial charge in [0.2, 0.25) is 0 Å². The zero-order valence-electron chi connectivity index (χ0n) is 19.5. The van der Waals surface area contributed by atoms with Crippen LogP contribution in [0.3, 0.4) is 0 Å². The van der Waals surface area contributed by atoms with Crippen LogP contribution in [0.2, 0.25) is 0 Å². The molecule has 0 atom stereocenters. The standard InChI is InChI=1S/C26H31N3O3/c1-17(2)32-22-9-7-6-8-21(22)29-25(30)23(20-11-10-18(3)19(4)16-20)24(26(29)31)28-14-12-27(5)13-15-28/h6-11,16-17H,12-15H2,1-5H3. The van der Waals surface area contributed by atoms with Gasteiger partial charge in [-0.05, 0) is 63.6 Å². The van der Waals surface area contributed by atoms with Gasteiger partial charge in [-0.15, -0.1) is 0 Å². The highest BCUT2D eigenvalue weighted by molar-refractivity contribution is 6.45. The number of amides is 2. The lowest BCUT2D eigenvalue weighted by Gasteiger charge is -2.34. The van der Waals surface area contributed by atoms with Gasteiger partial charge in [0, 0.05) is 26.2 Å². The number of carbonyl (C=O) groups excluding carboxylic acids is 2. The van der Waals surface area contributed by atoms with E-state index in [0.29, 0.717) is 35.8 Å². The number of likely N-dealkylation sites (N-methyl/N-ethyl adjacent to an activating group) is 1. The van der Waals surface area contributed by atoms with Gasteiger partial charge in [0.15, 0.2) is 0 Å². The summed E-state index contributed by atoms with van der Waals surface area (Å²) in [5, 5.41) is 0. The smallest absolute Gasteiger partial charge is 0.282 e. The molecule has 0 bridgehead atoms. The summed E-state index contributed by atoms with van der Waals surface area (Å²) in [6.45, 7) is 11.0. The number of imide groups is 1. The summed E-state index contributed by atoms with van der Waals surface area (Å²) in [5.74, 6) is -0.0529. The van der Waals surface area contributed by atoms with E-state index in [2.05, 4.69) is 16.8 Å². The molecule has 1 fully saturated rings. The minimum atomic E-state index is -0.299. The van der Waals surface area contributed by atoms with E-state index >= 15 is 0 Å². The van der Waals surface area contributed by atoms with E-state index in [9.17, 15) is 9.59 Å². The van der Waals surface area contributed by atoms with Gasteiger partial charge in [-0.25, -0.2) is 4.90 Å². The lowest BCUT2D eigenvalue weighted by atomic mass is 9.99. The van der Waals surface area contributed by atoms with Crippen molar-refractivity contribution < 1.29 is 14.3 Å². The van der Waals surface area contributed by atoms with E-state index in [1.165, 1.54) is 4.90 Å². The second kappa shape index (κ2) is 8.79. The molecule has 2 aliphatic heterocycles. The van der Waals surface area contributed by atoms with Crippen LogP contribution >= 0.6 is 0 Å². The molecule has 0 saturated carbocycles. The fraction of sp³-hybridized carbons (Fsp3) is 0.385. The van der Waals surface area contributed by atoms with Crippen molar-refractivity contribution in [3.05, 3.63) is 64.9 Å². The third-order valence-corrected chi connectivity index (χ3v) is 6.14. The molecular formula is C26H31N3O3. The highest BCUT2D eigenvalue weighted by atomic mass is 16.5. The number of rotatable bonds is 5. The fourth-order valence-corrected chi connectivity index (χ4v) is 4.21. The Balaban J connectivity index is 1.83. The molecular weight excluding hydrogens is 402 g/mol. The van der Waals surface area contributed by atoms with Crippen molar-refractivity contribution in [1.82, 2.24) is 9.80 Å². The first-order valence-electron chi connectivity index (χ1n) is 11.2. The van der Waals surface area contributed by atoms with E-state index in [1.807, 2.05) is 58.0 Å². The zero-order valence-corrected chi connectivity index (χ0v) is 19.5. The van der Waals surface area contributed by atoms with Gasteiger partial charge in [0.05, 0.1) is 17.4 Å². The van der Waals surface area contributed by atoms with Crippen molar-refractivity contribution in [1.29, 1.82) is 0 Å². The molecule has 2 heterocycles. The summed E-state index contributed by atoms with van der Waals surface area (Å²) in [4.78, 5) is 33.2. The molecule has 0 unspecified atom stereocenters. The lowest BCUT2D eigenvalue weighted by Crippen LogP contribution is -2.46. The largest absolute Gasteiger partial charge is 0.489 e. The van der Waals surface area contributed by atoms with Crippen LogP contribution in [0.4, 0.5) is 5.69 Å². The van der Waals surface area contributed by atoms with Gasteiger partial charge in [0.1, 0.15) is 11.4 Å². The Bertz CT molecular complexity index is 1080. The van der Waals surface area contributed by atoms with Crippen LogP contribution in [0.15, 0.2) is 48.2 Å². The summed E-state index contributed by atoms with van der Waals surface area (Å²) in [5.41, 5.74) is 4.48. The predicted molar refractivity (Wildman–Crippen MR) is 127 cm³/mol. The van der Waals surface area contributed by atoms with Crippen LogP contribution in [-0.2, 0) is 9.59 Å². The molecule has 2 amide bonds. The molecule has 1 saturated heterocycles. The molecule has 4 rings (SSSR count). The molecule has 6 nitrogen and oxygen atoms in total. The number of carbonyl (C=O) groups is 2. The predicted octanol–water partition coefficient (Wildman–Crippen LogP) is 3.62. The van der Waals surface area contributed by atoms with E-state index in [4.69, 9.17) is 4.74 Å². The first-order valence-corrected chi connectivity index (χ1v) is 11.2. The zero-order chi connectivity index (χ0) is 23.0. The van der Waals surface area contributed by atoms with Crippen molar-refractivity contribution in [3.63, 3.8) is 0 Å². The maximum absolute atomic E-state index is 13.8. The number of nitrogens with zero attached hydrogens (tertiary/aromatic N) is 3. The summed E-state index contributed by atoms with van der Waals surface area (Å²) in [7, 11) is 2.07. The molecule has 0 radical (unpaired) electrons. The molecule has 32 heavy (non-hydrogen) atoms. The van der Waals surface area contributed by atoms with Crippen molar-refractivity contribution in [2.24, 2.45) is 0 Å². The number of hydrogen-bond donors (Lipinski definition) is 0. The topological polar surface area (TPSA) is 53.1 Å². The summed E-state index contributed by atoms with van der Waals surface area (Å²) in [6.07, 6.45) is -0.0757. The minimum absolute atomic E-state index is 0.0757. The Morgan fingerprint density at radius 3 is 2.22 bits per heavy atom. The molecule has 0 spiro atoms. The molecule has 0 aromatic heterocycles. The van der Waals surface area contributed by atoms with Crippen LogP contribution in [-0.4, -0.2) is 60.9 Å². The quantitative estimate of drug-likeness (QED) is 0.674. The molecule has 2 aliphatic rings. The molecule has 6 heteroatoms.